The summed E-state index contributed by atoms with van der Waals surface area (Å²) < 4.78 is 19.4. The van der Waals surface area contributed by atoms with E-state index in [0.717, 1.165) is 54.4 Å². The lowest BCUT2D eigenvalue weighted by Gasteiger charge is -2.35. The highest BCUT2D eigenvalue weighted by atomic mass is 35.5. The summed E-state index contributed by atoms with van der Waals surface area (Å²) in [6, 6.07) is 6.61. The van der Waals surface area contributed by atoms with E-state index in [4.69, 9.17) is 16.3 Å². The fraction of sp³-hybridized carbons (Fsp3) is 0.630. The van der Waals surface area contributed by atoms with E-state index in [1.165, 1.54) is 5.56 Å². The molecule has 3 aliphatic rings. The number of nitrogens with zero attached hydrogens (tertiary/aromatic N) is 2. The van der Waals surface area contributed by atoms with Gasteiger partial charge in [0.25, 0.3) is 0 Å². The van der Waals surface area contributed by atoms with Crippen molar-refractivity contribution in [3.05, 3.63) is 35.0 Å². The van der Waals surface area contributed by atoms with Gasteiger partial charge in [-0.25, -0.2) is 9.37 Å². The molecule has 1 N–H and O–H groups in total. The maximum atomic E-state index is 13.6. The van der Waals surface area contributed by atoms with Crippen LogP contribution in [0.1, 0.15) is 70.3 Å². The Bertz CT molecular complexity index is 1050. The molecule has 2 aromatic rings. The number of likely N-dealkylation sites (tertiary alicyclic amines) is 1. The zero-order valence-corrected chi connectivity index (χ0v) is 20.9. The van der Waals surface area contributed by atoms with E-state index in [9.17, 15) is 9.18 Å². The first kappa shape index (κ1) is 24.0. The van der Waals surface area contributed by atoms with E-state index < -0.39 is 6.17 Å². The van der Waals surface area contributed by atoms with Gasteiger partial charge in [0.05, 0.1) is 5.60 Å². The lowest BCUT2D eigenvalue weighted by Crippen LogP contribution is -2.39. The molecule has 5 nitrogen and oxygen atoms in total. The summed E-state index contributed by atoms with van der Waals surface area (Å²) in [5.74, 6) is 0.926. The minimum atomic E-state index is -0.658. The number of hydrogen-bond acceptors (Lipinski definition) is 4. The Morgan fingerprint density at radius 1 is 1.15 bits per heavy atom. The summed E-state index contributed by atoms with van der Waals surface area (Å²) in [7, 11) is 0. The molecule has 1 amide bonds. The molecule has 0 radical (unpaired) electrons. The Labute approximate surface area is 206 Å². The predicted octanol–water partition coefficient (Wildman–Crippen LogP) is 6.10. The maximum Gasteiger partial charge on any atom is 0.228 e. The van der Waals surface area contributed by atoms with Gasteiger partial charge in [0, 0.05) is 48.3 Å². The van der Waals surface area contributed by atoms with Crippen LogP contribution in [0.3, 0.4) is 0 Å². The summed E-state index contributed by atoms with van der Waals surface area (Å²) >= 11 is 6.70. The maximum absolute atomic E-state index is 13.6. The van der Waals surface area contributed by atoms with Crippen LogP contribution in [0.4, 0.5) is 10.2 Å². The van der Waals surface area contributed by atoms with Crippen LogP contribution in [0.15, 0.2) is 24.4 Å². The zero-order chi connectivity index (χ0) is 23.9. The molecule has 184 valence electrons. The topological polar surface area (TPSA) is 54.5 Å². The van der Waals surface area contributed by atoms with Crippen LogP contribution in [0, 0.1) is 5.92 Å². The molecule has 5 rings (SSSR count). The Morgan fingerprint density at radius 2 is 1.94 bits per heavy atom. The number of aromatic nitrogens is 1. The van der Waals surface area contributed by atoms with Crippen LogP contribution in [-0.2, 0) is 9.53 Å². The molecule has 2 atom stereocenters. The molecule has 2 aliphatic heterocycles. The summed E-state index contributed by atoms with van der Waals surface area (Å²) in [5, 5.41) is 5.81. The Hall–Kier alpha value is -1.76. The number of amides is 1. The van der Waals surface area contributed by atoms with Gasteiger partial charge in [-0.3, -0.25) is 9.69 Å². The Balaban J connectivity index is 1.28. The molecule has 1 aliphatic carbocycles. The smallest absolute Gasteiger partial charge is 0.228 e. The van der Waals surface area contributed by atoms with Gasteiger partial charge < -0.3 is 10.1 Å². The van der Waals surface area contributed by atoms with Crippen molar-refractivity contribution >= 4 is 34.1 Å². The summed E-state index contributed by atoms with van der Waals surface area (Å²) in [6.07, 6.45) is 7.55. The monoisotopic (exact) mass is 487 g/mol. The fourth-order valence-electron chi connectivity index (χ4n) is 6.08. The number of benzene rings is 1. The molecule has 0 spiro atoms. The standard InChI is InChI=1S/C27H35ClFN3O2/c1-27(2)14-18(8-10-34-27)26(33)31-25-13-19-11-23(24(28)12-20(19)15-30-25)17-3-5-22(6-4-17)32-9-7-21(29)16-32/h11-13,15,17-18,21-22H,3-10,14,16H2,1-2H3,(H,30,31,33)/t17-,18-,21+,22+/m1/s1. The number of ether oxygens (including phenoxy) is 1. The fourth-order valence-corrected chi connectivity index (χ4v) is 6.40. The molecule has 2 saturated heterocycles. The first-order valence-electron chi connectivity index (χ1n) is 12.7. The number of pyridine rings is 1. The average Bonchev–Trinajstić information content (AvgIpc) is 3.24. The van der Waals surface area contributed by atoms with Gasteiger partial charge in [-0.15, -0.1) is 0 Å². The molecule has 1 aromatic heterocycles. The van der Waals surface area contributed by atoms with Gasteiger partial charge in [-0.2, -0.15) is 0 Å². The highest BCUT2D eigenvalue weighted by Gasteiger charge is 2.34. The molecule has 34 heavy (non-hydrogen) atoms. The number of rotatable bonds is 4. The molecular weight excluding hydrogens is 453 g/mol. The lowest BCUT2D eigenvalue weighted by molar-refractivity contribution is -0.130. The van der Waals surface area contributed by atoms with Crippen LogP contribution >= 0.6 is 11.6 Å². The molecule has 3 fully saturated rings. The minimum Gasteiger partial charge on any atom is -0.376 e. The normalized spacial score (nSPS) is 29.9. The molecule has 3 heterocycles. The van der Waals surface area contributed by atoms with E-state index in [1.807, 2.05) is 26.0 Å². The van der Waals surface area contributed by atoms with Crippen molar-refractivity contribution in [3.8, 4) is 0 Å². The summed E-state index contributed by atoms with van der Waals surface area (Å²) in [4.78, 5) is 19.7. The van der Waals surface area contributed by atoms with Gasteiger partial charge in [0.2, 0.25) is 5.91 Å². The molecule has 0 unspecified atom stereocenters. The zero-order valence-electron chi connectivity index (χ0n) is 20.2. The Kier molecular flexibility index (Phi) is 6.84. The number of nitrogens with one attached hydrogen (secondary N) is 1. The predicted molar refractivity (Wildman–Crippen MR) is 134 cm³/mol. The highest BCUT2D eigenvalue weighted by Crippen LogP contribution is 2.40. The van der Waals surface area contributed by atoms with Gasteiger partial charge in [-0.1, -0.05) is 11.6 Å². The third-order valence-corrected chi connectivity index (χ3v) is 8.30. The Morgan fingerprint density at radius 3 is 2.65 bits per heavy atom. The van der Waals surface area contributed by atoms with E-state index in [-0.39, 0.29) is 17.4 Å². The summed E-state index contributed by atoms with van der Waals surface area (Å²) in [6.45, 7) is 6.15. The SMILES string of the molecule is CC1(C)C[C@H](C(=O)Nc2cc3cc([C@H]4CC[C@@H](N5CC[C@H](F)C5)CC4)c(Cl)cc3cn2)CCO1. The number of carbonyl (C=O) groups excluding carboxylic acids is 1. The van der Waals surface area contributed by atoms with E-state index in [1.54, 1.807) is 6.20 Å². The van der Waals surface area contributed by atoms with Crippen LogP contribution in [-0.4, -0.2) is 53.3 Å². The van der Waals surface area contributed by atoms with Crippen molar-refractivity contribution in [3.63, 3.8) is 0 Å². The van der Waals surface area contributed by atoms with E-state index in [2.05, 4.69) is 21.3 Å². The van der Waals surface area contributed by atoms with Crippen LogP contribution in [0.5, 0.6) is 0 Å². The minimum absolute atomic E-state index is 0.00756. The number of fused-ring (bicyclic) bond motifs is 1. The molecule has 7 heteroatoms. The number of anilines is 1. The van der Waals surface area contributed by atoms with Crippen molar-refractivity contribution < 1.29 is 13.9 Å². The first-order valence-corrected chi connectivity index (χ1v) is 13.1. The number of halogens is 2. The van der Waals surface area contributed by atoms with E-state index >= 15 is 0 Å². The average molecular weight is 488 g/mol. The number of carbonyl (C=O) groups is 1. The summed E-state index contributed by atoms with van der Waals surface area (Å²) in [5.41, 5.74) is 0.899. The van der Waals surface area contributed by atoms with Crippen molar-refractivity contribution in [2.75, 3.05) is 25.0 Å². The van der Waals surface area contributed by atoms with Gasteiger partial charge >= 0.3 is 0 Å². The largest absolute Gasteiger partial charge is 0.376 e. The quantitative estimate of drug-likeness (QED) is 0.566. The number of hydrogen-bond donors (Lipinski definition) is 1. The van der Waals surface area contributed by atoms with Crippen molar-refractivity contribution in [2.24, 2.45) is 5.92 Å². The van der Waals surface area contributed by atoms with Crippen molar-refractivity contribution in [2.45, 2.75) is 82.5 Å². The van der Waals surface area contributed by atoms with Crippen molar-refractivity contribution in [1.29, 1.82) is 0 Å². The molecular formula is C27H35ClFN3O2. The second kappa shape index (κ2) is 9.71. The molecule has 1 aromatic carbocycles. The van der Waals surface area contributed by atoms with Gasteiger partial charge in [-0.05, 0) is 93.9 Å². The third-order valence-electron chi connectivity index (χ3n) is 7.97. The van der Waals surface area contributed by atoms with Crippen LogP contribution < -0.4 is 5.32 Å². The van der Waals surface area contributed by atoms with Crippen molar-refractivity contribution in [1.82, 2.24) is 9.88 Å². The van der Waals surface area contributed by atoms with Gasteiger partial charge in [0.15, 0.2) is 0 Å². The highest BCUT2D eigenvalue weighted by molar-refractivity contribution is 6.32. The second-order valence-electron chi connectivity index (χ2n) is 11.0. The second-order valence-corrected chi connectivity index (χ2v) is 11.4. The molecule has 1 saturated carbocycles. The lowest BCUT2D eigenvalue weighted by atomic mass is 9.81. The number of alkyl halides is 1. The van der Waals surface area contributed by atoms with Crippen LogP contribution in [0.25, 0.3) is 10.8 Å². The van der Waals surface area contributed by atoms with E-state index in [0.29, 0.717) is 43.8 Å². The van der Waals surface area contributed by atoms with Gasteiger partial charge in [0.1, 0.15) is 12.0 Å². The molecule has 0 bridgehead atoms. The third kappa shape index (κ3) is 5.24. The van der Waals surface area contributed by atoms with Crippen LogP contribution in [0.2, 0.25) is 5.02 Å². The first-order chi connectivity index (χ1) is 16.3.